The molecule has 27 heavy (non-hydrogen) atoms. The van der Waals surface area contributed by atoms with E-state index in [1.807, 2.05) is 6.92 Å². The van der Waals surface area contributed by atoms with Gasteiger partial charge < -0.3 is 15.0 Å². The lowest BCUT2D eigenvalue weighted by atomic mass is 9.91. The number of nitrogens with zero attached hydrogens (tertiary/aromatic N) is 1. The SMILES string of the molecule is CCOC(=O)c1ccc(NC2CC(C)N(C(C)=O)c3ccc(F)cc32)cc1. The molecule has 2 aromatic rings. The normalized spacial score (nSPS) is 18.6. The molecule has 0 aromatic heterocycles. The van der Waals surface area contributed by atoms with E-state index in [1.165, 1.54) is 19.1 Å². The standard InChI is InChI=1S/C21H23FN2O3/c1-4-27-21(26)15-5-8-17(9-6-15)23-19-11-13(2)24(14(3)25)20-10-7-16(22)12-18(19)20/h5-10,12-13,19,23H,4,11H2,1-3H3. The first-order chi connectivity index (χ1) is 12.9. The van der Waals surface area contributed by atoms with Gasteiger partial charge in [-0.1, -0.05) is 0 Å². The van der Waals surface area contributed by atoms with Crippen LogP contribution in [0.4, 0.5) is 15.8 Å². The van der Waals surface area contributed by atoms with Crippen molar-refractivity contribution in [1.29, 1.82) is 0 Å². The summed E-state index contributed by atoms with van der Waals surface area (Å²) < 4.78 is 18.9. The largest absolute Gasteiger partial charge is 0.462 e. The van der Waals surface area contributed by atoms with Crippen LogP contribution in [-0.2, 0) is 9.53 Å². The van der Waals surface area contributed by atoms with E-state index in [4.69, 9.17) is 4.74 Å². The van der Waals surface area contributed by atoms with E-state index in [1.54, 1.807) is 42.2 Å². The van der Waals surface area contributed by atoms with Gasteiger partial charge in [0.25, 0.3) is 0 Å². The van der Waals surface area contributed by atoms with Crippen molar-refractivity contribution < 1.29 is 18.7 Å². The van der Waals surface area contributed by atoms with Crippen molar-refractivity contribution in [2.24, 2.45) is 0 Å². The summed E-state index contributed by atoms with van der Waals surface area (Å²) in [6, 6.07) is 11.3. The summed E-state index contributed by atoms with van der Waals surface area (Å²) in [7, 11) is 0. The lowest BCUT2D eigenvalue weighted by molar-refractivity contribution is -0.117. The molecule has 0 radical (unpaired) electrons. The van der Waals surface area contributed by atoms with Crippen LogP contribution in [0, 0.1) is 5.82 Å². The molecule has 0 saturated heterocycles. The van der Waals surface area contributed by atoms with Gasteiger partial charge in [0.05, 0.1) is 18.2 Å². The zero-order valence-electron chi connectivity index (χ0n) is 15.7. The number of amides is 1. The van der Waals surface area contributed by atoms with Gasteiger partial charge in [-0.3, -0.25) is 4.79 Å². The Labute approximate surface area is 158 Å². The van der Waals surface area contributed by atoms with Crippen LogP contribution >= 0.6 is 0 Å². The highest BCUT2D eigenvalue weighted by atomic mass is 19.1. The summed E-state index contributed by atoms with van der Waals surface area (Å²) in [5, 5.41) is 3.40. The number of nitrogens with one attached hydrogen (secondary N) is 1. The number of hydrogen-bond donors (Lipinski definition) is 1. The highest BCUT2D eigenvalue weighted by Gasteiger charge is 2.32. The third-order valence-corrected chi connectivity index (χ3v) is 4.72. The van der Waals surface area contributed by atoms with Crippen molar-refractivity contribution in [3.8, 4) is 0 Å². The number of ether oxygens (including phenoxy) is 1. The lowest BCUT2D eigenvalue weighted by Gasteiger charge is -2.39. The van der Waals surface area contributed by atoms with Gasteiger partial charge in [-0.25, -0.2) is 9.18 Å². The zero-order valence-corrected chi connectivity index (χ0v) is 15.7. The molecule has 3 rings (SSSR count). The fourth-order valence-electron chi connectivity index (χ4n) is 3.57. The van der Waals surface area contributed by atoms with E-state index in [0.29, 0.717) is 18.6 Å². The fourth-order valence-corrected chi connectivity index (χ4v) is 3.57. The average Bonchev–Trinajstić information content (AvgIpc) is 2.62. The maximum atomic E-state index is 13.9. The molecule has 0 spiro atoms. The predicted octanol–water partition coefficient (Wildman–Crippen LogP) is 4.30. The number of fused-ring (bicyclic) bond motifs is 1. The molecule has 142 valence electrons. The highest BCUT2D eigenvalue weighted by molar-refractivity contribution is 5.94. The number of carbonyl (C=O) groups excluding carboxylic acids is 2. The third-order valence-electron chi connectivity index (χ3n) is 4.72. The Morgan fingerprint density at radius 2 is 1.93 bits per heavy atom. The van der Waals surface area contributed by atoms with Crippen LogP contribution in [0.3, 0.4) is 0 Å². The molecule has 2 atom stereocenters. The van der Waals surface area contributed by atoms with E-state index in [-0.39, 0.29) is 29.8 Å². The zero-order chi connectivity index (χ0) is 19.6. The van der Waals surface area contributed by atoms with E-state index < -0.39 is 0 Å². The number of benzene rings is 2. The predicted molar refractivity (Wildman–Crippen MR) is 102 cm³/mol. The summed E-state index contributed by atoms with van der Waals surface area (Å²) in [6.45, 7) is 5.59. The molecule has 0 saturated carbocycles. The average molecular weight is 370 g/mol. The number of hydrogen-bond acceptors (Lipinski definition) is 4. The molecule has 1 heterocycles. The number of esters is 1. The van der Waals surface area contributed by atoms with Crippen LogP contribution < -0.4 is 10.2 Å². The second-order valence-electron chi connectivity index (χ2n) is 6.67. The van der Waals surface area contributed by atoms with E-state index >= 15 is 0 Å². The van der Waals surface area contributed by atoms with Gasteiger partial charge in [0.2, 0.25) is 5.91 Å². The van der Waals surface area contributed by atoms with Crippen molar-refractivity contribution in [2.45, 2.75) is 39.3 Å². The molecule has 6 heteroatoms. The lowest BCUT2D eigenvalue weighted by Crippen LogP contribution is -2.43. The Kier molecular flexibility index (Phi) is 5.44. The molecular formula is C21H23FN2O3. The van der Waals surface area contributed by atoms with E-state index in [0.717, 1.165) is 16.9 Å². The minimum Gasteiger partial charge on any atom is -0.462 e. The maximum Gasteiger partial charge on any atom is 0.338 e. The van der Waals surface area contributed by atoms with Crippen molar-refractivity contribution in [3.05, 3.63) is 59.4 Å². The Hall–Kier alpha value is -2.89. The number of anilines is 2. The summed E-state index contributed by atoms with van der Waals surface area (Å²) >= 11 is 0. The molecule has 0 fully saturated rings. The van der Waals surface area contributed by atoms with Gasteiger partial charge in [-0.2, -0.15) is 0 Å². The van der Waals surface area contributed by atoms with Crippen molar-refractivity contribution in [1.82, 2.24) is 0 Å². The number of halogens is 1. The van der Waals surface area contributed by atoms with Gasteiger partial charge in [0, 0.05) is 29.9 Å². The molecule has 5 nitrogen and oxygen atoms in total. The second kappa shape index (κ2) is 7.78. The topological polar surface area (TPSA) is 58.6 Å². The van der Waals surface area contributed by atoms with E-state index in [9.17, 15) is 14.0 Å². The Morgan fingerprint density at radius 3 is 2.56 bits per heavy atom. The monoisotopic (exact) mass is 370 g/mol. The molecule has 1 amide bonds. The van der Waals surface area contributed by atoms with Crippen LogP contribution in [0.5, 0.6) is 0 Å². The highest BCUT2D eigenvalue weighted by Crippen LogP contribution is 2.39. The Balaban J connectivity index is 1.87. The summed E-state index contributed by atoms with van der Waals surface area (Å²) in [5.41, 5.74) is 2.77. The first-order valence-electron chi connectivity index (χ1n) is 9.03. The molecule has 2 aromatic carbocycles. The molecule has 1 aliphatic rings. The van der Waals surface area contributed by atoms with Crippen molar-refractivity contribution in [2.75, 3.05) is 16.8 Å². The third kappa shape index (κ3) is 3.94. The van der Waals surface area contributed by atoms with E-state index in [2.05, 4.69) is 5.32 Å². The minimum absolute atomic E-state index is 0.0169. The van der Waals surface area contributed by atoms with Gasteiger partial charge >= 0.3 is 5.97 Å². The fraction of sp³-hybridized carbons (Fsp3) is 0.333. The molecule has 1 N–H and O–H groups in total. The molecular weight excluding hydrogens is 347 g/mol. The minimum atomic E-state index is -0.361. The van der Waals surface area contributed by atoms with Crippen molar-refractivity contribution in [3.63, 3.8) is 0 Å². The summed E-state index contributed by atoms with van der Waals surface area (Å²) in [6.07, 6.45) is 0.648. The van der Waals surface area contributed by atoms with Gasteiger partial charge in [-0.15, -0.1) is 0 Å². The van der Waals surface area contributed by atoms with Gasteiger partial charge in [-0.05, 0) is 62.7 Å². The summed E-state index contributed by atoms with van der Waals surface area (Å²) in [4.78, 5) is 25.5. The number of rotatable bonds is 4. The van der Waals surface area contributed by atoms with Crippen molar-refractivity contribution >= 4 is 23.3 Å². The number of carbonyl (C=O) groups is 2. The quantitative estimate of drug-likeness (QED) is 0.815. The first kappa shape index (κ1) is 18.9. The van der Waals surface area contributed by atoms with Crippen LogP contribution in [0.15, 0.2) is 42.5 Å². The second-order valence-corrected chi connectivity index (χ2v) is 6.67. The molecule has 1 aliphatic heterocycles. The first-order valence-corrected chi connectivity index (χ1v) is 9.03. The summed E-state index contributed by atoms with van der Waals surface area (Å²) in [5.74, 6) is -0.760. The van der Waals surface area contributed by atoms with Crippen LogP contribution in [0.25, 0.3) is 0 Å². The Morgan fingerprint density at radius 1 is 1.22 bits per heavy atom. The van der Waals surface area contributed by atoms with Crippen LogP contribution in [-0.4, -0.2) is 24.5 Å². The molecule has 2 unspecified atom stereocenters. The van der Waals surface area contributed by atoms with Gasteiger partial charge in [0.15, 0.2) is 0 Å². The Bertz CT molecular complexity index is 851. The van der Waals surface area contributed by atoms with Crippen LogP contribution in [0.2, 0.25) is 0 Å². The molecule has 0 bridgehead atoms. The van der Waals surface area contributed by atoms with Crippen LogP contribution in [0.1, 0.15) is 49.2 Å². The van der Waals surface area contributed by atoms with Gasteiger partial charge in [0.1, 0.15) is 5.82 Å². The maximum absolute atomic E-state index is 13.9. The smallest absolute Gasteiger partial charge is 0.338 e. The molecule has 0 aliphatic carbocycles.